The second-order valence-corrected chi connectivity index (χ2v) is 6.14. The lowest BCUT2D eigenvalue weighted by Crippen LogP contribution is -2.21. The zero-order valence-corrected chi connectivity index (χ0v) is 13.8. The predicted molar refractivity (Wildman–Crippen MR) is 91.9 cm³/mol. The SMILES string of the molecule is Cc1ccc(NC(=O)Cn2c(C#N)cc(N)c2CC(C)C)cc1. The largest absolute Gasteiger partial charge is 0.397 e. The van der Waals surface area contributed by atoms with Gasteiger partial charge in [-0.3, -0.25) is 4.79 Å². The molecule has 1 amide bonds. The number of carbonyl (C=O) groups excluding carboxylic acids is 1. The van der Waals surface area contributed by atoms with E-state index in [4.69, 9.17) is 5.73 Å². The van der Waals surface area contributed by atoms with Crippen molar-refractivity contribution in [2.24, 2.45) is 5.92 Å². The summed E-state index contributed by atoms with van der Waals surface area (Å²) in [6, 6.07) is 11.3. The first-order chi connectivity index (χ1) is 10.9. The maximum absolute atomic E-state index is 12.3. The Morgan fingerprint density at radius 3 is 2.57 bits per heavy atom. The lowest BCUT2D eigenvalue weighted by atomic mass is 10.1. The summed E-state index contributed by atoms with van der Waals surface area (Å²) in [5.41, 5.74) is 9.70. The van der Waals surface area contributed by atoms with Crippen LogP contribution in [0.25, 0.3) is 0 Å². The highest BCUT2D eigenvalue weighted by molar-refractivity contribution is 5.90. The minimum Gasteiger partial charge on any atom is -0.397 e. The van der Waals surface area contributed by atoms with E-state index in [0.29, 0.717) is 17.3 Å². The number of carbonyl (C=O) groups is 1. The van der Waals surface area contributed by atoms with Crippen LogP contribution in [0.5, 0.6) is 0 Å². The number of aryl methyl sites for hydroxylation is 1. The van der Waals surface area contributed by atoms with Crippen molar-refractivity contribution in [2.75, 3.05) is 11.1 Å². The van der Waals surface area contributed by atoms with E-state index in [0.717, 1.165) is 23.4 Å². The quantitative estimate of drug-likeness (QED) is 0.890. The van der Waals surface area contributed by atoms with Crippen LogP contribution < -0.4 is 11.1 Å². The number of benzene rings is 1. The smallest absolute Gasteiger partial charge is 0.244 e. The van der Waals surface area contributed by atoms with Crippen LogP contribution in [-0.4, -0.2) is 10.5 Å². The van der Waals surface area contributed by atoms with Crippen molar-refractivity contribution in [2.45, 2.75) is 33.7 Å². The lowest BCUT2D eigenvalue weighted by Gasteiger charge is -2.13. The molecule has 23 heavy (non-hydrogen) atoms. The number of nitrogens with zero attached hydrogens (tertiary/aromatic N) is 2. The predicted octanol–water partition coefficient (Wildman–Crippen LogP) is 3.09. The molecule has 0 saturated carbocycles. The van der Waals surface area contributed by atoms with E-state index >= 15 is 0 Å². The van der Waals surface area contributed by atoms with Gasteiger partial charge in [0, 0.05) is 11.4 Å². The molecule has 0 aliphatic rings. The van der Waals surface area contributed by atoms with E-state index < -0.39 is 0 Å². The summed E-state index contributed by atoms with van der Waals surface area (Å²) in [4.78, 5) is 12.3. The zero-order valence-electron chi connectivity index (χ0n) is 13.8. The highest BCUT2D eigenvalue weighted by atomic mass is 16.1. The summed E-state index contributed by atoms with van der Waals surface area (Å²) in [7, 11) is 0. The average Bonchev–Trinajstić information content (AvgIpc) is 2.77. The molecular weight excluding hydrogens is 288 g/mol. The maximum atomic E-state index is 12.3. The summed E-state index contributed by atoms with van der Waals surface area (Å²) in [6.45, 7) is 6.23. The number of nitrogens with two attached hydrogens (primary N) is 1. The number of aromatic nitrogens is 1. The number of nitriles is 1. The molecule has 2 rings (SSSR count). The van der Waals surface area contributed by atoms with Gasteiger partial charge in [-0.25, -0.2) is 0 Å². The normalized spacial score (nSPS) is 10.6. The summed E-state index contributed by atoms with van der Waals surface area (Å²) in [5, 5.41) is 12.1. The molecule has 3 N–H and O–H groups in total. The Kier molecular flexibility index (Phi) is 5.07. The van der Waals surface area contributed by atoms with Gasteiger partial charge in [0.15, 0.2) is 0 Å². The van der Waals surface area contributed by atoms with Gasteiger partial charge in [-0.15, -0.1) is 0 Å². The maximum Gasteiger partial charge on any atom is 0.244 e. The molecule has 0 spiro atoms. The molecule has 1 aromatic carbocycles. The fourth-order valence-corrected chi connectivity index (χ4v) is 2.48. The molecule has 0 unspecified atom stereocenters. The Hall–Kier alpha value is -2.74. The second kappa shape index (κ2) is 7.01. The molecule has 1 heterocycles. The molecular formula is C18H22N4O. The number of amides is 1. The first-order valence-electron chi connectivity index (χ1n) is 7.65. The number of nitrogen functional groups attached to an aromatic ring is 1. The van der Waals surface area contributed by atoms with E-state index in [9.17, 15) is 10.1 Å². The van der Waals surface area contributed by atoms with Crippen LogP contribution in [0.15, 0.2) is 30.3 Å². The molecule has 0 saturated heterocycles. The first-order valence-corrected chi connectivity index (χ1v) is 7.65. The van der Waals surface area contributed by atoms with Crippen molar-refractivity contribution in [1.29, 1.82) is 5.26 Å². The fourth-order valence-electron chi connectivity index (χ4n) is 2.48. The van der Waals surface area contributed by atoms with Gasteiger partial charge >= 0.3 is 0 Å². The van der Waals surface area contributed by atoms with E-state index in [2.05, 4.69) is 25.2 Å². The third-order valence-electron chi connectivity index (χ3n) is 3.60. The molecule has 0 aliphatic carbocycles. The highest BCUT2D eigenvalue weighted by Gasteiger charge is 2.16. The van der Waals surface area contributed by atoms with Crippen LogP contribution >= 0.6 is 0 Å². The summed E-state index contributed by atoms with van der Waals surface area (Å²) in [6.07, 6.45) is 0.728. The molecule has 0 bridgehead atoms. The van der Waals surface area contributed by atoms with Crippen LogP contribution in [-0.2, 0) is 17.8 Å². The third kappa shape index (κ3) is 4.13. The molecule has 2 aromatic rings. The molecule has 0 radical (unpaired) electrons. The van der Waals surface area contributed by atoms with E-state index in [1.807, 2.05) is 31.2 Å². The van der Waals surface area contributed by atoms with Crippen LogP contribution in [0.4, 0.5) is 11.4 Å². The van der Waals surface area contributed by atoms with E-state index in [1.54, 1.807) is 10.6 Å². The number of hydrogen-bond donors (Lipinski definition) is 2. The van der Waals surface area contributed by atoms with Gasteiger partial charge in [0.1, 0.15) is 18.3 Å². The van der Waals surface area contributed by atoms with Crippen molar-refractivity contribution < 1.29 is 4.79 Å². The van der Waals surface area contributed by atoms with Crippen molar-refractivity contribution in [3.63, 3.8) is 0 Å². The van der Waals surface area contributed by atoms with Crippen molar-refractivity contribution in [3.8, 4) is 6.07 Å². The zero-order chi connectivity index (χ0) is 17.0. The van der Waals surface area contributed by atoms with Gasteiger partial charge in [0.25, 0.3) is 0 Å². The van der Waals surface area contributed by atoms with Crippen LogP contribution in [0.1, 0.15) is 30.8 Å². The van der Waals surface area contributed by atoms with Crippen LogP contribution in [0.2, 0.25) is 0 Å². The van der Waals surface area contributed by atoms with Crippen LogP contribution in [0, 0.1) is 24.2 Å². The number of hydrogen-bond acceptors (Lipinski definition) is 3. The molecule has 0 aliphatic heterocycles. The minimum atomic E-state index is -0.175. The first kappa shape index (κ1) is 16.6. The second-order valence-electron chi connectivity index (χ2n) is 6.14. The number of rotatable bonds is 5. The van der Waals surface area contributed by atoms with Crippen molar-refractivity contribution in [3.05, 3.63) is 47.3 Å². The van der Waals surface area contributed by atoms with E-state index in [1.165, 1.54) is 0 Å². The molecule has 1 aromatic heterocycles. The molecule has 120 valence electrons. The van der Waals surface area contributed by atoms with Crippen molar-refractivity contribution in [1.82, 2.24) is 4.57 Å². The van der Waals surface area contributed by atoms with Gasteiger partial charge in [-0.2, -0.15) is 5.26 Å². The highest BCUT2D eigenvalue weighted by Crippen LogP contribution is 2.22. The van der Waals surface area contributed by atoms with Crippen molar-refractivity contribution >= 4 is 17.3 Å². The number of anilines is 2. The van der Waals surface area contributed by atoms with E-state index in [-0.39, 0.29) is 12.5 Å². The summed E-state index contributed by atoms with van der Waals surface area (Å²) < 4.78 is 1.71. The minimum absolute atomic E-state index is 0.0794. The molecule has 0 atom stereocenters. The standard InChI is InChI=1S/C18H22N4O/c1-12(2)8-17-16(20)9-15(10-19)22(17)11-18(23)21-14-6-4-13(3)5-7-14/h4-7,9,12H,8,11,20H2,1-3H3,(H,21,23). The Labute approximate surface area is 136 Å². The Morgan fingerprint density at radius 1 is 1.35 bits per heavy atom. The topological polar surface area (TPSA) is 83.8 Å². The lowest BCUT2D eigenvalue weighted by molar-refractivity contribution is -0.116. The Morgan fingerprint density at radius 2 is 2.00 bits per heavy atom. The van der Waals surface area contributed by atoms with Gasteiger partial charge in [-0.05, 0) is 37.5 Å². The Bertz CT molecular complexity index is 736. The van der Waals surface area contributed by atoms with Gasteiger partial charge in [0.2, 0.25) is 5.91 Å². The van der Waals surface area contributed by atoms with Crippen LogP contribution in [0.3, 0.4) is 0 Å². The summed E-state index contributed by atoms with van der Waals surface area (Å²) in [5.74, 6) is 0.212. The summed E-state index contributed by atoms with van der Waals surface area (Å²) >= 11 is 0. The Balaban J connectivity index is 2.19. The monoisotopic (exact) mass is 310 g/mol. The third-order valence-corrected chi connectivity index (χ3v) is 3.60. The number of nitrogens with one attached hydrogen (secondary N) is 1. The van der Waals surface area contributed by atoms with Gasteiger partial charge < -0.3 is 15.6 Å². The van der Waals surface area contributed by atoms with Gasteiger partial charge in [0.05, 0.1) is 5.69 Å². The fraction of sp³-hybridized carbons (Fsp3) is 0.333. The average molecular weight is 310 g/mol. The molecule has 0 fully saturated rings. The van der Waals surface area contributed by atoms with Gasteiger partial charge in [-0.1, -0.05) is 31.5 Å². The molecule has 5 heteroatoms. The molecule has 5 nitrogen and oxygen atoms in total.